The molecule has 1 atom stereocenters. The lowest BCUT2D eigenvalue weighted by atomic mass is 10.00. The highest BCUT2D eigenvalue weighted by atomic mass is 32.1. The first-order valence-electron chi connectivity index (χ1n) is 7.60. The molecule has 0 amide bonds. The fourth-order valence-corrected chi connectivity index (χ4v) is 2.98. The van der Waals surface area contributed by atoms with Gasteiger partial charge in [-0.25, -0.2) is 0 Å². The molecule has 0 aromatic carbocycles. The summed E-state index contributed by atoms with van der Waals surface area (Å²) in [6, 6.07) is 0. The zero-order valence-electron chi connectivity index (χ0n) is 12.6. The number of hydrogen-bond acceptors (Lipinski definition) is 5. The Labute approximate surface area is 136 Å². The van der Waals surface area contributed by atoms with Crippen molar-refractivity contribution >= 4 is 28.8 Å². The average Bonchev–Trinajstić information content (AvgIpc) is 2.59. The van der Waals surface area contributed by atoms with Gasteiger partial charge in [0, 0.05) is 38.8 Å². The topological polar surface area (TPSA) is 52.5 Å². The summed E-state index contributed by atoms with van der Waals surface area (Å²) in [7, 11) is 0. The van der Waals surface area contributed by atoms with Crippen LogP contribution >= 0.6 is 12.2 Å². The molecule has 0 aliphatic carbocycles. The molecule has 118 valence electrons. The van der Waals surface area contributed by atoms with Crippen LogP contribution in [0.2, 0.25) is 0 Å². The highest BCUT2D eigenvalue weighted by Gasteiger charge is 2.27. The number of thiocarbonyl (C=S) groups is 1. The molecule has 0 bridgehead atoms. The fraction of sp³-hybridized carbons (Fsp3) is 0.533. The second-order valence-corrected chi connectivity index (χ2v) is 5.81. The number of aliphatic imine (C=N–C) groups is 1. The maximum Gasteiger partial charge on any atom is 0.189 e. The molecule has 3 aliphatic rings. The standard InChI is InChI=1S/C15H21N5OS/c1-2-19-7-9-20(10-8-19)15(22)18-17-12-5-11-21-13-4-3-6-16-14(12)13/h2-3,6,13H,1,4-5,7-11H2,(H,18,22)/b17-12-. The lowest BCUT2D eigenvalue weighted by Gasteiger charge is -2.35. The summed E-state index contributed by atoms with van der Waals surface area (Å²) >= 11 is 5.44. The number of nitrogens with one attached hydrogen (secondary N) is 1. The zero-order valence-corrected chi connectivity index (χ0v) is 13.4. The van der Waals surface area contributed by atoms with E-state index in [4.69, 9.17) is 17.0 Å². The Morgan fingerprint density at radius 1 is 1.45 bits per heavy atom. The molecule has 1 unspecified atom stereocenters. The summed E-state index contributed by atoms with van der Waals surface area (Å²) in [6.45, 7) is 8.13. The SMILES string of the molecule is C=CN1CCN(C(=S)N/N=C2/CCOC3CC=CN=C23)CC1. The monoisotopic (exact) mass is 319 g/mol. The molecule has 0 aromatic heterocycles. The minimum atomic E-state index is 0.0454. The Bertz CT molecular complexity index is 534. The van der Waals surface area contributed by atoms with Crippen LogP contribution in [0, 0.1) is 0 Å². The largest absolute Gasteiger partial charge is 0.374 e. The van der Waals surface area contributed by atoms with Gasteiger partial charge in [-0.1, -0.05) is 12.7 Å². The maximum absolute atomic E-state index is 5.71. The molecular weight excluding hydrogens is 298 g/mol. The van der Waals surface area contributed by atoms with Gasteiger partial charge >= 0.3 is 0 Å². The van der Waals surface area contributed by atoms with Crippen molar-refractivity contribution in [3.8, 4) is 0 Å². The first kappa shape index (κ1) is 15.2. The molecule has 1 N–H and O–H groups in total. The number of fused-ring (bicyclic) bond motifs is 1. The predicted molar refractivity (Wildman–Crippen MR) is 92.1 cm³/mol. The lowest BCUT2D eigenvalue weighted by molar-refractivity contribution is 0.0997. The third kappa shape index (κ3) is 3.36. The van der Waals surface area contributed by atoms with E-state index in [0.717, 1.165) is 50.4 Å². The van der Waals surface area contributed by atoms with E-state index in [2.05, 4.69) is 31.9 Å². The van der Waals surface area contributed by atoms with Gasteiger partial charge in [0.15, 0.2) is 5.11 Å². The van der Waals surface area contributed by atoms with Gasteiger partial charge in [-0.15, -0.1) is 0 Å². The quantitative estimate of drug-likeness (QED) is 0.611. The maximum atomic E-state index is 5.71. The second-order valence-electron chi connectivity index (χ2n) is 5.43. The molecule has 0 spiro atoms. The third-order valence-electron chi connectivity index (χ3n) is 4.07. The molecule has 2 fully saturated rings. The number of hydrazone groups is 1. The van der Waals surface area contributed by atoms with Crippen LogP contribution < -0.4 is 5.43 Å². The van der Waals surface area contributed by atoms with Crippen molar-refractivity contribution < 1.29 is 4.74 Å². The molecular formula is C15H21N5OS. The van der Waals surface area contributed by atoms with Crippen molar-refractivity contribution in [2.45, 2.75) is 18.9 Å². The second kappa shape index (κ2) is 7.02. The highest BCUT2D eigenvalue weighted by Crippen LogP contribution is 2.16. The van der Waals surface area contributed by atoms with Crippen LogP contribution in [0.1, 0.15) is 12.8 Å². The van der Waals surface area contributed by atoms with Crippen LogP contribution in [0.4, 0.5) is 0 Å². The van der Waals surface area contributed by atoms with Gasteiger partial charge in [-0.05, 0) is 24.8 Å². The van der Waals surface area contributed by atoms with E-state index in [0.29, 0.717) is 11.7 Å². The molecule has 3 aliphatic heterocycles. The van der Waals surface area contributed by atoms with E-state index in [1.165, 1.54) is 0 Å². The van der Waals surface area contributed by atoms with Crippen molar-refractivity contribution in [2.75, 3.05) is 32.8 Å². The molecule has 2 saturated heterocycles. The Hall–Kier alpha value is -1.73. The normalized spacial score (nSPS) is 26.5. The number of hydrogen-bond donors (Lipinski definition) is 1. The van der Waals surface area contributed by atoms with Gasteiger partial charge in [0.1, 0.15) is 6.10 Å². The molecule has 0 saturated carbocycles. The number of nitrogens with zero attached hydrogens (tertiary/aromatic N) is 4. The van der Waals surface area contributed by atoms with Gasteiger partial charge in [0.2, 0.25) is 0 Å². The van der Waals surface area contributed by atoms with E-state index >= 15 is 0 Å². The van der Waals surface area contributed by atoms with Crippen molar-refractivity contribution in [3.05, 3.63) is 25.1 Å². The van der Waals surface area contributed by atoms with Gasteiger partial charge in [-0.2, -0.15) is 5.10 Å². The summed E-state index contributed by atoms with van der Waals surface area (Å²) in [5.41, 5.74) is 4.91. The Kier molecular flexibility index (Phi) is 4.84. The number of piperazine rings is 1. The Morgan fingerprint density at radius 2 is 2.27 bits per heavy atom. The van der Waals surface area contributed by atoms with E-state index in [1.54, 1.807) is 0 Å². The number of rotatable bonds is 2. The van der Waals surface area contributed by atoms with Crippen LogP contribution in [-0.2, 0) is 4.74 Å². The van der Waals surface area contributed by atoms with Gasteiger partial charge in [0.25, 0.3) is 0 Å². The first-order chi connectivity index (χ1) is 10.8. The van der Waals surface area contributed by atoms with Crippen molar-refractivity contribution in [1.29, 1.82) is 0 Å². The lowest BCUT2D eigenvalue weighted by Crippen LogP contribution is -2.49. The van der Waals surface area contributed by atoms with E-state index < -0.39 is 0 Å². The van der Waals surface area contributed by atoms with Crippen LogP contribution in [0.3, 0.4) is 0 Å². The summed E-state index contributed by atoms with van der Waals surface area (Å²) in [5.74, 6) is 0. The molecule has 22 heavy (non-hydrogen) atoms. The van der Waals surface area contributed by atoms with E-state index in [1.807, 2.05) is 18.5 Å². The molecule has 0 radical (unpaired) electrons. The van der Waals surface area contributed by atoms with Gasteiger partial charge in [-0.3, -0.25) is 10.4 Å². The predicted octanol–water partition coefficient (Wildman–Crippen LogP) is 1.13. The molecule has 6 nitrogen and oxygen atoms in total. The van der Waals surface area contributed by atoms with Crippen molar-refractivity contribution in [1.82, 2.24) is 15.2 Å². The average molecular weight is 319 g/mol. The van der Waals surface area contributed by atoms with Gasteiger partial charge in [0.05, 0.1) is 18.0 Å². The summed E-state index contributed by atoms with van der Waals surface area (Å²) in [5, 5.41) is 5.16. The van der Waals surface area contributed by atoms with Crippen LogP contribution in [0.5, 0.6) is 0 Å². The van der Waals surface area contributed by atoms with Crippen molar-refractivity contribution in [2.24, 2.45) is 10.1 Å². The van der Waals surface area contributed by atoms with Crippen LogP contribution in [0.25, 0.3) is 0 Å². The third-order valence-corrected chi connectivity index (χ3v) is 4.42. The van der Waals surface area contributed by atoms with Gasteiger partial charge < -0.3 is 14.5 Å². The van der Waals surface area contributed by atoms with E-state index in [-0.39, 0.29) is 6.10 Å². The molecule has 7 heteroatoms. The first-order valence-corrected chi connectivity index (χ1v) is 8.01. The Morgan fingerprint density at radius 3 is 3.05 bits per heavy atom. The fourth-order valence-electron chi connectivity index (χ4n) is 2.75. The summed E-state index contributed by atoms with van der Waals surface area (Å²) in [6.07, 6.45) is 7.40. The summed E-state index contributed by atoms with van der Waals surface area (Å²) < 4.78 is 5.71. The number of ether oxygens (including phenoxy) is 1. The minimum Gasteiger partial charge on any atom is -0.374 e. The molecule has 3 rings (SSSR count). The zero-order chi connectivity index (χ0) is 15.4. The molecule has 3 heterocycles. The highest BCUT2D eigenvalue weighted by molar-refractivity contribution is 7.80. The van der Waals surface area contributed by atoms with Crippen LogP contribution in [-0.4, -0.2) is 65.2 Å². The Balaban J connectivity index is 1.58. The van der Waals surface area contributed by atoms with E-state index in [9.17, 15) is 0 Å². The van der Waals surface area contributed by atoms with Crippen LogP contribution in [0.15, 0.2) is 35.1 Å². The minimum absolute atomic E-state index is 0.0454. The smallest absolute Gasteiger partial charge is 0.189 e. The van der Waals surface area contributed by atoms with Crippen molar-refractivity contribution in [3.63, 3.8) is 0 Å². The molecule has 0 aromatic rings. The summed E-state index contributed by atoms with van der Waals surface area (Å²) in [4.78, 5) is 8.74.